The smallest absolute Gasteiger partial charge is 0.237 e. The molecular weight excluding hydrogens is 264 g/mol. The summed E-state index contributed by atoms with van der Waals surface area (Å²) in [6, 6.07) is 10.3. The molecule has 0 bridgehead atoms. The third-order valence-electron chi connectivity index (χ3n) is 3.81. The molecule has 4 heteroatoms. The first kappa shape index (κ1) is 16.0. The number of benzene rings is 1. The van der Waals surface area contributed by atoms with Crippen LogP contribution < -0.4 is 5.32 Å². The summed E-state index contributed by atoms with van der Waals surface area (Å²) < 4.78 is 5.55. The first-order valence-corrected chi connectivity index (χ1v) is 7.82. The second-order valence-electron chi connectivity index (χ2n) is 5.87. The van der Waals surface area contributed by atoms with Crippen molar-refractivity contribution in [1.29, 1.82) is 0 Å². The molecule has 21 heavy (non-hydrogen) atoms. The Morgan fingerprint density at radius 1 is 1.38 bits per heavy atom. The van der Waals surface area contributed by atoms with Gasteiger partial charge in [0.15, 0.2) is 0 Å². The Morgan fingerprint density at radius 3 is 2.76 bits per heavy atom. The first-order chi connectivity index (χ1) is 10.2. The highest BCUT2D eigenvalue weighted by Crippen LogP contribution is 2.11. The molecule has 0 aromatic heterocycles. The van der Waals surface area contributed by atoms with Crippen molar-refractivity contribution in [3.8, 4) is 0 Å². The number of nitrogens with zero attached hydrogens (tertiary/aromatic N) is 1. The van der Waals surface area contributed by atoms with Crippen molar-refractivity contribution < 1.29 is 9.53 Å². The molecule has 0 aliphatic carbocycles. The Bertz CT molecular complexity index is 428. The van der Waals surface area contributed by atoms with Gasteiger partial charge in [0.2, 0.25) is 5.91 Å². The maximum absolute atomic E-state index is 12.4. The van der Waals surface area contributed by atoms with Gasteiger partial charge in [0.1, 0.15) is 0 Å². The molecule has 0 saturated carbocycles. The van der Waals surface area contributed by atoms with Crippen molar-refractivity contribution in [2.75, 3.05) is 19.7 Å². The van der Waals surface area contributed by atoms with Crippen LogP contribution in [0.25, 0.3) is 0 Å². The molecule has 116 valence electrons. The van der Waals surface area contributed by atoms with Crippen LogP contribution in [0.5, 0.6) is 0 Å². The zero-order valence-corrected chi connectivity index (χ0v) is 13.0. The predicted molar refractivity (Wildman–Crippen MR) is 84.0 cm³/mol. The van der Waals surface area contributed by atoms with Crippen LogP contribution in [0, 0.1) is 0 Å². The van der Waals surface area contributed by atoms with Crippen molar-refractivity contribution in [2.24, 2.45) is 0 Å². The van der Waals surface area contributed by atoms with Crippen LogP contribution >= 0.6 is 0 Å². The normalized spacial score (nSPS) is 18.1. The minimum absolute atomic E-state index is 0.145. The number of carbonyl (C=O) groups is 1. The summed E-state index contributed by atoms with van der Waals surface area (Å²) in [7, 11) is 0. The molecule has 1 amide bonds. The fourth-order valence-electron chi connectivity index (χ4n) is 2.59. The number of ether oxygens (including phenoxy) is 1. The number of nitrogens with one attached hydrogen (secondary N) is 1. The molecule has 1 aromatic carbocycles. The minimum atomic E-state index is 0.145. The van der Waals surface area contributed by atoms with Crippen LogP contribution in [0.15, 0.2) is 30.3 Å². The first-order valence-electron chi connectivity index (χ1n) is 7.82. The molecule has 1 unspecified atom stereocenters. The van der Waals surface area contributed by atoms with E-state index in [1.807, 2.05) is 23.1 Å². The fourth-order valence-corrected chi connectivity index (χ4v) is 2.59. The van der Waals surface area contributed by atoms with E-state index in [0.29, 0.717) is 13.1 Å². The van der Waals surface area contributed by atoms with Gasteiger partial charge in [-0.05, 0) is 32.3 Å². The minimum Gasteiger partial charge on any atom is -0.377 e. The van der Waals surface area contributed by atoms with E-state index >= 15 is 0 Å². The zero-order valence-electron chi connectivity index (χ0n) is 13.0. The third-order valence-corrected chi connectivity index (χ3v) is 3.81. The van der Waals surface area contributed by atoms with E-state index in [0.717, 1.165) is 26.0 Å². The summed E-state index contributed by atoms with van der Waals surface area (Å²) in [4.78, 5) is 14.3. The largest absolute Gasteiger partial charge is 0.377 e. The van der Waals surface area contributed by atoms with Gasteiger partial charge in [-0.2, -0.15) is 0 Å². The molecule has 1 aromatic rings. The van der Waals surface area contributed by atoms with Gasteiger partial charge >= 0.3 is 0 Å². The molecular formula is C17H26N2O2. The van der Waals surface area contributed by atoms with E-state index < -0.39 is 0 Å². The van der Waals surface area contributed by atoms with Crippen molar-refractivity contribution in [2.45, 2.75) is 45.4 Å². The van der Waals surface area contributed by atoms with E-state index in [9.17, 15) is 4.79 Å². The van der Waals surface area contributed by atoms with Crippen LogP contribution in [0.2, 0.25) is 0 Å². The Labute approximate surface area is 127 Å². The monoisotopic (exact) mass is 290 g/mol. The van der Waals surface area contributed by atoms with Crippen molar-refractivity contribution in [1.82, 2.24) is 10.2 Å². The van der Waals surface area contributed by atoms with E-state index in [-0.39, 0.29) is 18.1 Å². The highest BCUT2D eigenvalue weighted by atomic mass is 16.5. The second kappa shape index (κ2) is 8.15. The average molecular weight is 290 g/mol. The molecule has 1 N–H and O–H groups in total. The maximum Gasteiger partial charge on any atom is 0.237 e. The van der Waals surface area contributed by atoms with E-state index in [1.54, 1.807) is 0 Å². The van der Waals surface area contributed by atoms with Crippen LogP contribution in [0.3, 0.4) is 0 Å². The number of hydrogen-bond acceptors (Lipinski definition) is 3. The number of hydrogen-bond donors (Lipinski definition) is 1. The van der Waals surface area contributed by atoms with E-state index in [2.05, 4.69) is 31.3 Å². The fraction of sp³-hybridized carbons (Fsp3) is 0.588. The number of rotatable bonds is 7. The lowest BCUT2D eigenvalue weighted by Crippen LogP contribution is -2.43. The lowest BCUT2D eigenvalue weighted by Gasteiger charge is -2.27. The van der Waals surface area contributed by atoms with E-state index in [4.69, 9.17) is 4.74 Å². The van der Waals surface area contributed by atoms with Crippen LogP contribution in [0.4, 0.5) is 0 Å². The molecule has 1 aliphatic heterocycles. The molecule has 4 nitrogen and oxygen atoms in total. The van der Waals surface area contributed by atoms with Crippen LogP contribution in [-0.4, -0.2) is 42.6 Å². The summed E-state index contributed by atoms with van der Waals surface area (Å²) in [5, 5.41) is 3.23. The van der Waals surface area contributed by atoms with Gasteiger partial charge in [-0.15, -0.1) is 0 Å². The van der Waals surface area contributed by atoms with Gasteiger partial charge in [0.25, 0.3) is 0 Å². The average Bonchev–Trinajstić information content (AvgIpc) is 2.98. The van der Waals surface area contributed by atoms with Gasteiger partial charge in [-0.1, -0.05) is 30.3 Å². The molecule has 0 spiro atoms. The Balaban J connectivity index is 1.81. The molecule has 1 saturated heterocycles. The lowest BCUT2D eigenvalue weighted by molar-refractivity contribution is -0.132. The summed E-state index contributed by atoms with van der Waals surface area (Å²) in [6.45, 7) is 6.78. The zero-order chi connectivity index (χ0) is 15.1. The highest BCUT2D eigenvalue weighted by molar-refractivity contribution is 5.78. The molecule has 1 aliphatic rings. The second-order valence-corrected chi connectivity index (χ2v) is 5.87. The molecule has 2 rings (SSSR count). The number of amides is 1. The molecule has 0 radical (unpaired) electrons. The van der Waals surface area contributed by atoms with Crippen LogP contribution in [-0.2, 0) is 16.1 Å². The molecule has 1 fully saturated rings. The Kier molecular flexibility index (Phi) is 6.21. The van der Waals surface area contributed by atoms with Crippen LogP contribution in [0.1, 0.15) is 32.3 Å². The quantitative estimate of drug-likeness (QED) is 0.837. The highest BCUT2D eigenvalue weighted by Gasteiger charge is 2.19. The predicted octanol–water partition coefficient (Wildman–Crippen LogP) is 2.19. The summed E-state index contributed by atoms with van der Waals surface area (Å²) in [5.74, 6) is 0.145. The standard InChI is InChI=1S/C17H26N2O2/c1-14(2)19(13-15-7-4-3-5-8-15)17(20)12-18-11-16-9-6-10-21-16/h3-5,7-8,14,16,18H,6,9-13H2,1-2H3. The van der Waals surface area contributed by atoms with E-state index in [1.165, 1.54) is 5.56 Å². The summed E-state index contributed by atoms with van der Waals surface area (Å²) in [5.41, 5.74) is 1.17. The summed E-state index contributed by atoms with van der Waals surface area (Å²) >= 11 is 0. The lowest BCUT2D eigenvalue weighted by atomic mass is 10.2. The van der Waals surface area contributed by atoms with Crippen molar-refractivity contribution in [3.63, 3.8) is 0 Å². The Hall–Kier alpha value is -1.39. The molecule has 1 atom stereocenters. The van der Waals surface area contributed by atoms with Gasteiger partial charge in [0, 0.05) is 25.7 Å². The Morgan fingerprint density at radius 2 is 2.14 bits per heavy atom. The summed E-state index contributed by atoms with van der Waals surface area (Å²) in [6.07, 6.45) is 2.50. The van der Waals surface area contributed by atoms with Gasteiger partial charge in [0.05, 0.1) is 12.6 Å². The third kappa shape index (κ3) is 5.14. The van der Waals surface area contributed by atoms with Crippen molar-refractivity contribution >= 4 is 5.91 Å². The maximum atomic E-state index is 12.4. The van der Waals surface area contributed by atoms with Gasteiger partial charge in [-0.3, -0.25) is 4.79 Å². The van der Waals surface area contributed by atoms with Gasteiger partial charge < -0.3 is 15.0 Å². The topological polar surface area (TPSA) is 41.6 Å². The number of carbonyl (C=O) groups excluding carboxylic acids is 1. The van der Waals surface area contributed by atoms with Gasteiger partial charge in [-0.25, -0.2) is 0 Å². The van der Waals surface area contributed by atoms with Crippen molar-refractivity contribution in [3.05, 3.63) is 35.9 Å². The molecule has 1 heterocycles. The SMILES string of the molecule is CC(C)N(Cc1ccccc1)C(=O)CNCC1CCCO1.